The lowest BCUT2D eigenvalue weighted by atomic mass is 10.2. The first-order valence-corrected chi connectivity index (χ1v) is 10.8. The summed E-state index contributed by atoms with van der Waals surface area (Å²) in [6.45, 7) is 2.35. The molecule has 5 nitrogen and oxygen atoms in total. The monoisotopic (exact) mass is 408 g/mol. The molecular weight excluding hydrogens is 384 g/mol. The number of amides is 1. The van der Waals surface area contributed by atoms with Gasteiger partial charge in [0.1, 0.15) is 18.1 Å². The van der Waals surface area contributed by atoms with Gasteiger partial charge in [0.05, 0.1) is 16.8 Å². The molecule has 0 atom stereocenters. The number of carbonyl (C=O) groups is 1. The molecule has 1 fully saturated rings. The van der Waals surface area contributed by atoms with Crippen molar-refractivity contribution in [2.45, 2.75) is 45.3 Å². The van der Waals surface area contributed by atoms with E-state index < -0.39 is 0 Å². The van der Waals surface area contributed by atoms with Gasteiger partial charge in [-0.2, -0.15) is 0 Å². The number of anilines is 1. The number of rotatable bonds is 7. The summed E-state index contributed by atoms with van der Waals surface area (Å²) in [5.74, 6) is 1.32. The van der Waals surface area contributed by atoms with E-state index in [0.717, 1.165) is 35.0 Å². The molecule has 0 saturated heterocycles. The summed E-state index contributed by atoms with van der Waals surface area (Å²) in [7, 11) is 0. The maximum absolute atomic E-state index is 12.6. The van der Waals surface area contributed by atoms with Crippen LogP contribution in [0.25, 0.3) is 0 Å². The third kappa shape index (κ3) is 5.35. The standard InChI is InChI=1S/C23H24N2O3S/c1-16-24-19(15-29-16)14-27-22-8-4-5-17(13-22)23(26)25-18-9-11-21(12-10-18)28-20-6-2-3-7-20/h4-5,8-13,15,20H,2-3,6-7,14H2,1H3,(H,25,26). The van der Waals surface area contributed by atoms with Gasteiger partial charge in [-0.1, -0.05) is 6.07 Å². The number of nitrogens with zero attached hydrogens (tertiary/aromatic N) is 1. The van der Waals surface area contributed by atoms with Crippen molar-refractivity contribution < 1.29 is 14.3 Å². The zero-order valence-corrected chi connectivity index (χ0v) is 17.2. The van der Waals surface area contributed by atoms with Crippen molar-refractivity contribution in [3.8, 4) is 11.5 Å². The fourth-order valence-electron chi connectivity index (χ4n) is 3.38. The summed E-state index contributed by atoms with van der Waals surface area (Å²) in [6, 6.07) is 14.7. The molecule has 0 spiro atoms. The molecule has 1 N–H and O–H groups in total. The Morgan fingerprint density at radius 1 is 1.14 bits per heavy atom. The molecule has 1 heterocycles. The minimum atomic E-state index is -0.176. The maximum atomic E-state index is 12.6. The van der Waals surface area contributed by atoms with Crippen LogP contribution in [0.3, 0.4) is 0 Å². The van der Waals surface area contributed by atoms with Gasteiger partial charge in [0.25, 0.3) is 5.91 Å². The lowest BCUT2D eigenvalue weighted by molar-refractivity contribution is 0.102. The molecule has 0 aliphatic heterocycles. The van der Waals surface area contributed by atoms with Crippen LogP contribution < -0.4 is 14.8 Å². The highest BCUT2D eigenvalue weighted by molar-refractivity contribution is 7.09. The first-order chi connectivity index (χ1) is 14.2. The highest BCUT2D eigenvalue weighted by Crippen LogP contribution is 2.25. The third-order valence-corrected chi connectivity index (χ3v) is 5.69. The largest absolute Gasteiger partial charge is 0.490 e. The van der Waals surface area contributed by atoms with Gasteiger partial charge in [0.2, 0.25) is 0 Å². The Kier molecular flexibility index (Phi) is 6.10. The number of ether oxygens (including phenoxy) is 2. The molecule has 1 aliphatic carbocycles. The molecule has 150 valence electrons. The molecule has 0 unspecified atom stereocenters. The van der Waals surface area contributed by atoms with E-state index in [2.05, 4.69) is 10.3 Å². The fourth-order valence-corrected chi connectivity index (χ4v) is 3.97. The summed E-state index contributed by atoms with van der Waals surface area (Å²) in [5.41, 5.74) is 2.17. The van der Waals surface area contributed by atoms with E-state index in [-0.39, 0.29) is 5.91 Å². The van der Waals surface area contributed by atoms with Gasteiger partial charge in [-0.25, -0.2) is 4.98 Å². The average Bonchev–Trinajstić information content (AvgIpc) is 3.40. The van der Waals surface area contributed by atoms with E-state index in [1.165, 1.54) is 12.8 Å². The Morgan fingerprint density at radius 3 is 2.66 bits per heavy atom. The first kappa shape index (κ1) is 19.5. The van der Waals surface area contributed by atoms with Crippen LogP contribution in [0, 0.1) is 6.92 Å². The Balaban J connectivity index is 1.34. The van der Waals surface area contributed by atoms with Gasteiger partial charge in [-0.05, 0) is 75.1 Å². The summed E-state index contributed by atoms with van der Waals surface area (Å²) in [5, 5.41) is 5.91. The number of aryl methyl sites for hydroxylation is 1. The summed E-state index contributed by atoms with van der Waals surface area (Å²) in [4.78, 5) is 17.0. The minimum Gasteiger partial charge on any atom is -0.490 e. The van der Waals surface area contributed by atoms with E-state index in [1.54, 1.807) is 23.5 Å². The lowest BCUT2D eigenvalue weighted by Crippen LogP contribution is -2.13. The van der Waals surface area contributed by atoms with E-state index in [0.29, 0.717) is 24.0 Å². The topological polar surface area (TPSA) is 60.5 Å². The van der Waals surface area contributed by atoms with E-state index >= 15 is 0 Å². The highest BCUT2D eigenvalue weighted by Gasteiger charge is 2.16. The van der Waals surface area contributed by atoms with Crippen LogP contribution in [0.2, 0.25) is 0 Å². The smallest absolute Gasteiger partial charge is 0.255 e. The molecule has 1 aromatic heterocycles. The van der Waals surface area contributed by atoms with Gasteiger partial charge in [-0.3, -0.25) is 4.79 Å². The Labute approximate surface area is 174 Å². The number of carbonyl (C=O) groups excluding carboxylic acids is 1. The molecule has 3 aromatic rings. The molecule has 1 aliphatic rings. The molecule has 29 heavy (non-hydrogen) atoms. The number of thiazole rings is 1. The van der Waals surface area contributed by atoms with Gasteiger partial charge in [0, 0.05) is 16.6 Å². The van der Waals surface area contributed by atoms with Gasteiger partial charge in [-0.15, -0.1) is 11.3 Å². The van der Waals surface area contributed by atoms with Crippen LogP contribution in [-0.4, -0.2) is 17.0 Å². The summed E-state index contributed by atoms with van der Waals surface area (Å²) < 4.78 is 11.7. The molecule has 1 amide bonds. The van der Waals surface area contributed by atoms with Crippen LogP contribution in [0.15, 0.2) is 53.9 Å². The zero-order chi connectivity index (χ0) is 20.1. The van der Waals surface area contributed by atoms with Crippen molar-refractivity contribution >= 4 is 22.9 Å². The fraction of sp³-hybridized carbons (Fsp3) is 0.304. The van der Waals surface area contributed by atoms with Gasteiger partial charge in [0.15, 0.2) is 0 Å². The SMILES string of the molecule is Cc1nc(COc2cccc(C(=O)Nc3ccc(OC4CCCC4)cc3)c2)cs1. The summed E-state index contributed by atoms with van der Waals surface area (Å²) >= 11 is 1.59. The quantitative estimate of drug-likeness (QED) is 0.552. The minimum absolute atomic E-state index is 0.176. The van der Waals surface area contributed by atoms with Crippen molar-refractivity contribution in [2.75, 3.05) is 5.32 Å². The molecule has 0 radical (unpaired) electrons. The number of hydrogen-bond donors (Lipinski definition) is 1. The normalized spacial score (nSPS) is 14.0. The van der Waals surface area contributed by atoms with Gasteiger partial charge < -0.3 is 14.8 Å². The Morgan fingerprint density at radius 2 is 1.93 bits per heavy atom. The van der Waals surface area contributed by atoms with Crippen molar-refractivity contribution in [1.29, 1.82) is 0 Å². The Bertz CT molecular complexity index is 962. The molecule has 0 bridgehead atoms. The second-order valence-corrected chi connectivity index (χ2v) is 8.24. The van der Waals surface area contributed by atoms with Crippen molar-refractivity contribution in [3.63, 3.8) is 0 Å². The first-order valence-electron chi connectivity index (χ1n) is 9.88. The van der Waals surface area contributed by atoms with Crippen LogP contribution in [0.5, 0.6) is 11.5 Å². The van der Waals surface area contributed by atoms with Gasteiger partial charge >= 0.3 is 0 Å². The molecule has 1 saturated carbocycles. The maximum Gasteiger partial charge on any atom is 0.255 e. The van der Waals surface area contributed by atoms with Crippen LogP contribution in [0.1, 0.15) is 46.7 Å². The van der Waals surface area contributed by atoms with Crippen molar-refractivity contribution in [1.82, 2.24) is 4.98 Å². The van der Waals surface area contributed by atoms with E-state index in [9.17, 15) is 4.79 Å². The number of nitrogens with one attached hydrogen (secondary N) is 1. The Hall–Kier alpha value is -2.86. The predicted octanol–water partition coefficient (Wildman–Crippen LogP) is 5.60. The molecule has 2 aromatic carbocycles. The predicted molar refractivity (Wildman–Crippen MR) is 115 cm³/mol. The third-order valence-electron chi connectivity index (χ3n) is 4.87. The number of hydrogen-bond acceptors (Lipinski definition) is 5. The zero-order valence-electron chi connectivity index (χ0n) is 16.4. The summed E-state index contributed by atoms with van der Waals surface area (Å²) in [6.07, 6.45) is 5.06. The second kappa shape index (κ2) is 9.09. The highest BCUT2D eigenvalue weighted by atomic mass is 32.1. The van der Waals surface area contributed by atoms with Crippen LogP contribution in [-0.2, 0) is 6.61 Å². The molecule has 6 heteroatoms. The lowest BCUT2D eigenvalue weighted by Gasteiger charge is -2.13. The van der Waals surface area contributed by atoms with E-state index in [4.69, 9.17) is 9.47 Å². The van der Waals surface area contributed by atoms with E-state index in [1.807, 2.05) is 48.7 Å². The van der Waals surface area contributed by atoms with Crippen molar-refractivity contribution in [2.24, 2.45) is 0 Å². The second-order valence-electron chi connectivity index (χ2n) is 7.18. The van der Waals surface area contributed by atoms with Crippen LogP contribution >= 0.6 is 11.3 Å². The number of aromatic nitrogens is 1. The number of benzene rings is 2. The average molecular weight is 409 g/mol. The van der Waals surface area contributed by atoms with Crippen LogP contribution in [0.4, 0.5) is 5.69 Å². The molecule has 4 rings (SSSR count). The molecular formula is C23H24N2O3S. The van der Waals surface area contributed by atoms with Crippen molar-refractivity contribution in [3.05, 3.63) is 70.2 Å².